The molecule has 0 N–H and O–H groups in total. The van der Waals surface area contributed by atoms with Gasteiger partial charge in [-0.2, -0.15) is 0 Å². The summed E-state index contributed by atoms with van der Waals surface area (Å²) in [6.45, 7) is 25.2. The van der Waals surface area contributed by atoms with Gasteiger partial charge in [0.15, 0.2) is 0 Å². The third-order valence-electron chi connectivity index (χ3n) is 7.49. The highest BCUT2D eigenvalue weighted by atomic mass is 14.2. The molecule has 0 atom stereocenters. The predicted octanol–water partition coefficient (Wildman–Crippen LogP) is 11.5. The van der Waals surface area contributed by atoms with Gasteiger partial charge in [-0.25, -0.2) is 0 Å². The largest absolute Gasteiger partial charge is 0.106 e. The summed E-state index contributed by atoms with van der Waals surface area (Å²) >= 11 is 0. The van der Waals surface area contributed by atoms with E-state index in [2.05, 4.69) is 139 Å². The molecule has 0 aromatic heterocycles. The lowest BCUT2D eigenvalue weighted by Crippen LogP contribution is -2.14. The van der Waals surface area contributed by atoms with Crippen LogP contribution in [0.5, 0.6) is 0 Å². The van der Waals surface area contributed by atoms with Gasteiger partial charge in [0.05, 0.1) is 0 Å². The van der Waals surface area contributed by atoms with Crippen LogP contribution in [0.1, 0.15) is 86.6 Å². The molecule has 0 heterocycles. The van der Waals surface area contributed by atoms with E-state index in [9.17, 15) is 0 Å². The number of hydrogen-bond donors (Lipinski definition) is 0. The van der Waals surface area contributed by atoms with Gasteiger partial charge in [-0.15, -0.1) is 26.3 Å². The Morgan fingerprint density at radius 2 is 1.26 bits per heavy atom. The molecule has 1 aliphatic carbocycles. The standard InChI is InChI=1S/C18H20.C17H26.2C2H4/c1-15-8-12-18(13-9-15)14-16(2)10-11-17-6-4-3-5-7-17;1-13(2)17-10-8-16(9-11-17)12-15-6-4-14(3)5-7-15;2*1-2/h3-9,12-13H,2,10-11,14H2,1H3;8-11,13-15H,4-7,12H2,1-3H3;2*1-2H2. The fourth-order valence-electron chi connectivity index (χ4n) is 4.95. The topological polar surface area (TPSA) is 0 Å². The van der Waals surface area contributed by atoms with Gasteiger partial charge in [-0.05, 0) is 85.5 Å². The fraction of sp³-hybridized carbons (Fsp3) is 0.385. The van der Waals surface area contributed by atoms with Crippen molar-refractivity contribution in [1.82, 2.24) is 0 Å². The first-order valence-corrected chi connectivity index (χ1v) is 14.7. The highest BCUT2D eigenvalue weighted by Crippen LogP contribution is 2.30. The lowest BCUT2D eigenvalue weighted by Gasteiger charge is -2.26. The minimum Gasteiger partial charge on any atom is -0.106 e. The van der Waals surface area contributed by atoms with Crippen molar-refractivity contribution in [1.29, 1.82) is 0 Å². The Morgan fingerprint density at radius 1 is 0.718 bits per heavy atom. The summed E-state index contributed by atoms with van der Waals surface area (Å²) in [5, 5.41) is 0. The van der Waals surface area contributed by atoms with Crippen LogP contribution in [0.4, 0.5) is 0 Å². The Hall–Kier alpha value is -3.12. The van der Waals surface area contributed by atoms with E-state index in [1.54, 1.807) is 0 Å². The zero-order valence-corrected chi connectivity index (χ0v) is 25.4. The first-order chi connectivity index (χ1) is 18.9. The maximum atomic E-state index is 4.19. The van der Waals surface area contributed by atoms with Crippen LogP contribution in [0.15, 0.2) is 117 Å². The molecule has 3 aromatic carbocycles. The van der Waals surface area contributed by atoms with Gasteiger partial charge in [0, 0.05) is 0 Å². The zero-order chi connectivity index (χ0) is 29.0. The quantitative estimate of drug-likeness (QED) is 0.258. The molecule has 0 unspecified atom stereocenters. The van der Waals surface area contributed by atoms with Crippen LogP contribution in [-0.2, 0) is 19.3 Å². The molecule has 0 aliphatic heterocycles. The number of allylic oxidation sites excluding steroid dienone is 1. The van der Waals surface area contributed by atoms with E-state index < -0.39 is 0 Å². The molecule has 0 saturated heterocycles. The highest BCUT2D eigenvalue weighted by Gasteiger charge is 2.18. The number of hydrogen-bond acceptors (Lipinski definition) is 0. The van der Waals surface area contributed by atoms with Crippen LogP contribution in [-0.4, -0.2) is 0 Å². The lowest BCUT2D eigenvalue weighted by molar-refractivity contribution is 0.289. The summed E-state index contributed by atoms with van der Waals surface area (Å²) in [5.74, 6) is 2.56. The summed E-state index contributed by atoms with van der Waals surface area (Å²) in [5.41, 5.74) is 8.37. The van der Waals surface area contributed by atoms with Crippen molar-refractivity contribution >= 4 is 0 Å². The molecule has 39 heavy (non-hydrogen) atoms. The van der Waals surface area contributed by atoms with Crippen molar-refractivity contribution in [2.75, 3.05) is 0 Å². The summed E-state index contributed by atoms with van der Waals surface area (Å²) in [7, 11) is 0. The molecule has 1 fully saturated rings. The summed E-state index contributed by atoms with van der Waals surface area (Å²) < 4.78 is 0. The lowest BCUT2D eigenvalue weighted by atomic mass is 9.80. The minimum atomic E-state index is 0.652. The molecule has 0 amide bonds. The Bertz CT molecular complexity index is 1010. The van der Waals surface area contributed by atoms with E-state index in [-0.39, 0.29) is 0 Å². The highest BCUT2D eigenvalue weighted by molar-refractivity contribution is 5.26. The molecule has 0 bridgehead atoms. The van der Waals surface area contributed by atoms with E-state index in [0.29, 0.717) is 5.92 Å². The maximum Gasteiger partial charge on any atom is -0.00697 e. The van der Waals surface area contributed by atoms with Crippen LogP contribution in [0.2, 0.25) is 0 Å². The summed E-state index contributed by atoms with van der Waals surface area (Å²) in [6, 6.07) is 28.6. The zero-order valence-electron chi connectivity index (χ0n) is 25.4. The molecule has 0 spiro atoms. The number of rotatable bonds is 8. The number of aryl methyl sites for hydroxylation is 2. The van der Waals surface area contributed by atoms with Gasteiger partial charge < -0.3 is 0 Å². The smallest absolute Gasteiger partial charge is 0.00697 e. The Labute approximate surface area is 241 Å². The Morgan fingerprint density at radius 3 is 1.79 bits per heavy atom. The van der Waals surface area contributed by atoms with E-state index >= 15 is 0 Å². The van der Waals surface area contributed by atoms with E-state index in [1.807, 2.05) is 0 Å². The summed E-state index contributed by atoms with van der Waals surface area (Å²) in [6.07, 6.45) is 10.2. The minimum absolute atomic E-state index is 0.652. The second kappa shape index (κ2) is 19.9. The van der Waals surface area contributed by atoms with Crippen molar-refractivity contribution in [3.05, 3.63) is 145 Å². The van der Waals surface area contributed by atoms with Gasteiger partial charge in [-0.1, -0.05) is 130 Å². The second-order valence-corrected chi connectivity index (χ2v) is 11.1. The maximum absolute atomic E-state index is 4.19. The molecule has 1 aliphatic rings. The molecular formula is C39H54. The monoisotopic (exact) mass is 522 g/mol. The molecule has 0 radical (unpaired) electrons. The Kier molecular flexibility index (Phi) is 17.3. The van der Waals surface area contributed by atoms with Crippen LogP contribution in [0.3, 0.4) is 0 Å². The normalized spacial score (nSPS) is 15.9. The first kappa shape index (κ1) is 33.9. The second-order valence-electron chi connectivity index (χ2n) is 11.1. The average Bonchev–Trinajstić information content (AvgIpc) is 2.98. The van der Waals surface area contributed by atoms with Crippen molar-refractivity contribution in [3.63, 3.8) is 0 Å². The molecule has 0 heteroatoms. The molecule has 0 nitrogen and oxygen atoms in total. The molecule has 1 saturated carbocycles. The van der Waals surface area contributed by atoms with Crippen molar-refractivity contribution in [2.45, 2.75) is 85.0 Å². The third kappa shape index (κ3) is 14.0. The van der Waals surface area contributed by atoms with Crippen LogP contribution >= 0.6 is 0 Å². The number of benzene rings is 3. The molecular weight excluding hydrogens is 468 g/mol. The summed E-state index contributed by atoms with van der Waals surface area (Å²) in [4.78, 5) is 0. The molecule has 4 rings (SSSR count). The van der Waals surface area contributed by atoms with Crippen LogP contribution in [0, 0.1) is 18.8 Å². The SMILES string of the molecule is C=C.C=C.C=C(CCc1ccccc1)Cc1ccc(C)cc1.CC1CCC(Cc2ccc(C(C)C)cc2)CC1. The van der Waals surface area contributed by atoms with Crippen LogP contribution in [0.25, 0.3) is 0 Å². The van der Waals surface area contributed by atoms with Crippen LogP contribution < -0.4 is 0 Å². The fourth-order valence-corrected chi connectivity index (χ4v) is 4.95. The van der Waals surface area contributed by atoms with Gasteiger partial charge in [0.1, 0.15) is 0 Å². The van der Waals surface area contributed by atoms with Crippen molar-refractivity contribution < 1.29 is 0 Å². The van der Waals surface area contributed by atoms with Gasteiger partial charge in [0.2, 0.25) is 0 Å². The van der Waals surface area contributed by atoms with E-state index in [1.165, 1.54) is 65.5 Å². The molecule has 210 valence electrons. The van der Waals surface area contributed by atoms with Gasteiger partial charge >= 0.3 is 0 Å². The molecule has 3 aromatic rings. The van der Waals surface area contributed by atoms with E-state index in [4.69, 9.17) is 0 Å². The Balaban J connectivity index is 0.000000347. The van der Waals surface area contributed by atoms with Crippen molar-refractivity contribution in [3.8, 4) is 0 Å². The average molecular weight is 523 g/mol. The third-order valence-corrected chi connectivity index (χ3v) is 7.49. The predicted molar refractivity (Wildman–Crippen MR) is 177 cm³/mol. The van der Waals surface area contributed by atoms with Gasteiger partial charge in [-0.3, -0.25) is 0 Å². The first-order valence-electron chi connectivity index (χ1n) is 14.7. The van der Waals surface area contributed by atoms with Crippen molar-refractivity contribution in [2.24, 2.45) is 11.8 Å². The van der Waals surface area contributed by atoms with E-state index in [0.717, 1.165) is 31.1 Å². The van der Waals surface area contributed by atoms with Gasteiger partial charge in [0.25, 0.3) is 0 Å².